The Hall–Kier alpha value is -3.13. The number of halogens is 2. The van der Waals surface area contributed by atoms with E-state index in [2.05, 4.69) is 5.32 Å². The molecular weight excluding hydrogens is 471 g/mol. The van der Waals surface area contributed by atoms with Crippen LogP contribution in [0.5, 0.6) is 5.75 Å². The van der Waals surface area contributed by atoms with E-state index in [1.165, 1.54) is 11.0 Å². The fourth-order valence-corrected chi connectivity index (χ4v) is 3.84. The zero-order valence-electron chi connectivity index (χ0n) is 16.7. The summed E-state index contributed by atoms with van der Waals surface area (Å²) in [5.74, 6) is 0.134. The summed E-state index contributed by atoms with van der Waals surface area (Å²) in [5, 5.41) is 3.49. The summed E-state index contributed by atoms with van der Waals surface area (Å²) in [4.78, 5) is 26.9. The summed E-state index contributed by atoms with van der Waals surface area (Å²) >= 11 is 17.5. The van der Waals surface area contributed by atoms with E-state index in [4.69, 9.17) is 44.6 Å². The van der Waals surface area contributed by atoms with Gasteiger partial charge in [-0.15, -0.1) is 0 Å². The normalized spacial score (nSPS) is 15.3. The van der Waals surface area contributed by atoms with Crippen molar-refractivity contribution in [3.8, 4) is 17.1 Å². The van der Waals surface area contributed by atoms with Gasteiger partial charge in [-0.1, -0.05) is 29.3 Å². The zero-order chi connectivity index (χ0) is 22.8. The Morgan fingerprint density at radius 2 is 1.94 bits per heavy atom. The van der Waals surface area contributed by atoms with Gasteiger partial charge in [-0.2, -0.15) is 0 Å². The van der Waals surface area contributed by atoms with Crippen molar-refractivity contribution in [2.75, 3.05) is 11.5 Å². The molecule has 6 nitrogen and oxygen atoms in total. The van der Waals surface area contributed by atoms with Gasteiger partial charge < -0.3 is 9.15 Å². The molecule has 1 fully saturated rings. The van der Waals surface area contributed by atoms with Crippen molar-refractivity contribution >= 4 is 64.1 Å². The summed E-state index contributed by atoms with van der Waals surface area (Å²) in [6.45, 7) is 2.33. The molecule has 0 spiro atoms. The molecule has 0 bridgehead atoms. The zero-order valence-corrected chi connectivity index (χ0v) is 19.1. The maximum Gasteiger partial charge on any atom is 0.270 e. The number of hydrogen-bond donors (Lipinski definition) is 1. The lowest BCUT2D eigenvalue weighted by Crippen LogP contribution is -2.54. The number of hydrogen-bond acceptors (Lipinski definition) is 5. The molecule has 9 heteroatoms. The van der Waals surface area contributed by atoms with Crippen LogP contribution in [0.3, 0.4) is 0 Å². The van der Waals surface area contributed by atoms with Crippen molar-refractivity contribution < 1.29 is 18.7 Å². The number of anilines is 1. The van der Waals surface area contributed by atoms with Gasteiger partial charge in [0.2, 0.25) is 0 Å². The topological polar surface area (TPSA) is 71.8 Å². The minimum absolute atomic E-state index is 0.0170. The second-order valence-electron chi connectivity index (χ2n) is 6.71. The van der Waals surface area contributed by atoms with Crippen LogP contribution in [0.1, 0.15) is 12.7 Å². The fraction of sp³-hybridized carbons (Fsp3) is 0.0870. The number of furan rings is 1. The molecule has 32 heavy (non-hydrogen) atoms. The minimum atomic E-state index is -0.615. The van der Waals surface area contributed by atoms with E-state index in [9.17, 15) is 9.59 Å². The van der Waals surface area contributed by atoms with Crippen molar-refractivity contribution in [2.24, 2.45) is 0 Å². The van der Waals surface area contributed by atoms with Crippen LogP contribution in [0.15, 0.2) is 64.6 Å². The maximum absolute atomic E-state index is 13.2. The Balaban J connectivity index is 1.67. The Morgan fingerprint density at radius 3 is 2.72 bits per heavy atom. The maximum atomic E-state index is 13.2. The fourth-order valence-electron chi connectivity index (χ4n) is 3.17. The van der Waals surface area contributed by atoms with Gasteiger partial charge in [-0.05, 0) is 67.7 Å². The van der Waals surface area contributed by atoms with Crippen LogP contribution in [0.25, 0.3) is 17.4 Å². The van der Waals surface area contributed by atoms with Gasteiger partial charge in [0.15, 0.2) is 5.11 Å². The van der Waals surface area contributed by atoms with Crippen molar-refractivity contribution in [1.82, 2.24) is 5.32 Å². The Bertz CT molecular complexity index is 1270. The highest BCUT2D eigenvalue weighted by atomic mass is 35.5. The SMILES string of the molecule is CCOc1cccc(N2C(=O)/C(=C\c3ccc(-c4cc(Cl)ccc4Cl)o3)C(=O)NC2=S)c1. The Kier molecular flexibility index (Phi) is 6.32. The van der Waals surface area contributed by atoms with E-state index in [0.717, 1.165) is 0 Å². The third-order valence-corrected chi connectivity index (χ3v) is 5.45. The van der Waals surface area contributed by atoms with Gasteiger partial charge in [0.1, 0.15) is 22.8 Å². The van der Waals surface area contributed by atoms with Crippen molar-refractivity contribution in [3.63, 3.8) is 0 Å². The predicted molar refractivity (Wildman–Crippen MR) is 128 cm³/mol. The van der Waals surface area contributed by atoms with Crippen molar-refractivity contribution in [1.29, 1.82) is 0 Å². The quantitative estimate of drug-likeness (QED) is 0.293. The lowest BCUT2D eigenvalue weighted by Gasteiger charge is -2.29. The molecule has 2 amide bonds. The number of benzene rings is 2. The second-order valence-corrected chi connectivity index (χ2v) is 7.94. The number of thiocarbonyl (C=S) groups is 1. The number of amides is 2. The highest BCUT2D eigenvalue weighted by molar-refractivity contribution is 7.80. The molecule has 2 aromatic carbocycles. The first-order valence-corrected chi connectivity index (χ1v) is 10.7. The first-order chi connectivity index (χ1) is 15.4. The van der Waals surface area contributed by atoms with Crippen molar-refractivity contribution in [2.45, 2.75) is 6.92 Å². The van der Waals surface area contributed by atoms with Gasteiger partial charge in [0.25, 0.3) is 11.8 Å². The summed E-state index contributed by atoms with van der Waals surface area (Å²) in [6, 6.07) is 15.2. The van der Waals surface area contributed by atoms with Crippen LogP contribution in [0.2, 0.25) is 10.0 Å². The molecule has 0 unspecified atom stereocenters. The van der Waals surface area contributed by atoms with Crippen LogP contribution in [0.4, 0.5) is 5.69 Å². The highest BCUT2D eigenvalue weighted by Crippen LogP contribution is 2.33. The molecule has 1 N–H and O–H groups in total. The van der Waals surface area contributed by atoms with Crippen LogP contribution >= 0.6 is 35.4 Å². The molecule has 1 aliphatic rings. The molecular formula is C23H16Cl2N2O4S. The van der Waals surface area contributed by atoms with E-state index < -0.39 is 11.8 Å². The number of carbonyl (C=O) groups excluding carboxylic acids is 2. The molecule has 2 heterocycles. The lowest BCUT2D eigenvalue weighted by molar-refractivity contribution is -0.122. The number of rotatable bonds is 5. The number of nitrogens with zero attached hydrogens (tertiary/aromatic N) is 1. The third kappa shape index (κ3) is 4.41. The highest BCUT2D eigenvalue weighted by Gasteiger charge is 2.35. The molecule has 1 aliphatic heterocycles. The van der Waals surface area contributed by atoms with E-state index in [-0.39, 0.29) is 10.7 Å². The summed E-state index contributed by atoms with van der Waals surface area (Å²) in [5.41, 5.74) is 0.944. The largest absolute Gasteiger partial charge is 0.494 e. The average Bonchev–Trinajstić information content (AvgIpc) is 3.22. The number of carbonyl (C=O) groups is 2. The van der Waals surface area contributed by atoms with Gasteiger partial charge in [0, 0.05) is 16.7 Å². The summed E-state index contributed by atoms with van der Waals surface area (Å²) in [6.07, 6.45) is 1.36. The third-order valence-electron chi connectivity index (χ3n) is 4.60. The predicted octanol–water partition coefficient (Wildman–Crippen LogP) is 5.48. The standard InChI is InChI=1S/C23H16Cl2N2O4S/c1-2-30-15-5-3-4-14(11-15)27-22(29)18(21(28)26-23(27)32)12-16-7-9-20(31-16)17-10-13(24)6-8-19(17)25/h3-12H,2H2,1H3,(H,26,28,32)/b18-12-. The molecule has 162 valence electrons. The van der Waals surface area contributed by atoms with E-state index >= 15 is 0 Å². The van der Waals surface area contributed by atoms with E-state index in [1.54, 1.807) is 54.6 Å². The van der Waals surface area contributed by atoms with Crippen LogP contribution < -0.4 is 15.0 Å². The van der Waals surface area contributed by atoms with E-state index in [0.29, 0.717) is 45.2 Å². The van der Waals surface area contributed by atoms with Crippen LogP contribution in [0, 0.1) is 0 Å². The van der Waals surface area contributed by atoms with Crippen LogP contribution in [-0.2, 0) is 9.59 Å². The van der Waals surface area contributed by atoms with E-state index in [1.807, 2.05) is 6.92 Å². The first-order valence-electron chi connectivity index (χ1n) is 9.57. The molecule has 0 radical (unpaired) electrons. The molecule has 4 rings (SSSR count). The van der Waals surface area contributed by atoms with Crippen molar-refractivity contribution in [3.05, 3.63) is 76.0 Å². The first kappa shape index (κ1) is 22.1. The van der Waals surface area contributed by atoms with Gasteiger partial charge in [-0.3, -0.25) is 19.8 Å². The molecule has 0 aliphatic carbocycles. The summed E-state index contributed by atoms with van der Waals surface area (Å²) in [7, 11) is 0. The number of ether oxygens (including phenoxy) is 1. The lowest BCUT2D eigenvalue weighted by atomic mass is 10.1. The average molecular weight is 487 g/mol. The minimum Gasteiger partial charge on any atom is -0.494 e. The Labute approximate surface area is 199 Å². The summed E-state index contributed by atoms with van der Waals surface area (Å²) < 4.78 is 11.3. The monoisotopic (exact) mass is 486 g/mol. The van der Waals surface area contributed by atoms with Gasteiger partial charge in [-0.25, -0.2) is 0 Å². The smallest absolute Gasteiger partial charge is 0.270 e. The second kappa shape index (κ2) is 9.16. The van der Waals surface area contributed by atoms with Gasteiger partial charge in [0.05, 0.1) is 17.3 Å². The molecule has 1 aromatic heterocycles. The number of nitrogens with one attached hydrogen (secondary N) is 1. The van der Waals surface area contributed by atoms with Gasteiger partial charge >= 0.3 is 0 Å². The molecule has 0 saturated carbocycles. The Morgan fingerprint density at radius 1 is 1.12 bits per heavy atom. The molecule has 3 aromatic rings. The van der Waals surface area contributed by atoms with Crippen LogP contribution in [-0.4, -0.2) is 23.5 Å². The molecule has 0 atom stereocenters. The molecule has 1 saturated heterocycles.